The largest absolute Gasteiger partial charge is 0.348 e. The van der Waals surface area contributed by atoms with Gasteiger partial charge in [0.2, 0.25) is 0 Å². The van der Waals surface area contributed by atoms with Crippen LogP contribution in [0.4, 0.5) is 4.39 Å². The normalized spacial score (nSPS) is 15.1. The molecule has 5 heteroatoms. The van der Waals surface area contributed by atoms with Gasteiger partial charge in [0.05, 0.1) is 10.6 Å². The van der Waals surface area contributed by atoms with Crippen LogP contribution in [0, 0.1) is 5.82 Å². The van der Waals surface area contributed by atoms with Crippen molar-refractivity contribution < 1.29 is 9.18 Å². The Kier molecular flexibility index (Phi) is 6.05. The van der Waals surface area contributed by atoms with Crippen molar-refractivity contribution in [2.75, 3.05) is 13.1 Å². The Morgan fingerprint density at radius 3 is 2.40 bits per heavy atom. The zero-order chi connectivity index (χ0) is 17.6. The second kappa shape index (κ2) is 8.45. The van der Waals surface area contributed by atoms with Gasteiger partial charge in [-0.3, -0.25) is 9.69 Å². The third-order valence-electron chi connectivity index (χ3n) is 4.51. The molecule has 132 valence electrons. The first-order valence-electron chi connectivity index (χ1n) is 8.65. The van der Waals surface area contributed by atoms with E-state index >= 15 is 0 Å². The highest BCUT2D eigenvalue weighted by molar-refractivity contribution is 6.33. The lowest BCUT2D eigenvalue weighted by atomic mass is 10.1. The lowest BCUT2D eigenvalue weighted by molar-refractivity contribution is 0.0951. The van der Waals surface area contributed by atoms with Crippen LogP contribution in [-0.4, -0.2) is 23.9 Å². The van der Waals surface area contributed by atoms with E-state index in [1.807, 2.05) is 12.1 Å². The van der Waals surface area contributed by atoms with Crippen LogP contribution in [0.5, 0.6) is 0 Å². The van der Waals surface area contributed by atoms with Gasteiger partial charge in [-0.15, -0.1) is 0 Å². The number of halogens is 2. The van der Waals surface area contributed by atoms with Crippen LogP contribution in [0.15, 0.2) is 42.5 Å². The molecule has 0 unspecified atom stereocenters. The lowest BCUT2D eigenvalue weighted by Crippen LogP contribution is -2.29. The number of nitrogens with zero attached hydrogens (tertiary/aromatic N) is 1. The first kappa shape index (κ1) is 17.9. The maximum atomic E-state index is 13.0. The molecule has 1 amide bonds. The molecule has 1 heterocycles. The first-order chi connectivity index (χ1) is 12.1. The summed E-state index contributed by atoms with van der Waals surface area (Å²) in [4.78, 5) is 14.6. The van der Waals surface area contributed by atoms with E-state index in [0.29, 0.717) is 6.54 Å². The van der Waals surface area contributed by atoms with Crippen molar-refractivity contribution in [1.29, 1.82) is 0 Å². The van der Waals surface area contributed by atoms with E-state index < -0.39 is 5.82 Å². The summed E-state index contributed by atoms with van der Waals surface area (Å²) < 4.78 is 13.0. The monoisotopic (exact) mass is 360 g/mol. The molecule has 3 rings (SSSR count). The van der Waals surface area contributed by atoms with E-state index in [2.05, 4.69) is 22.3 Å². The number of nitrogens with one attached hydrogen (secondary N) is 1. The molecule has 0 saturated carbocycles. The quantitative estimate of drug-likeness (QED) is 0.857. The van der Waals surface area contributed by atoms with Crippen LogP contribution in [0.25, 0.3) is 0 Å². The van der Waals surface area contributed by atoms with Crippen molar-refractivity contribution in [2.24, 2.45) is 0 Å². The molecule has 0 bridgehead atoms. The highest BCUT2D eigenvalue weighted by atomic mass is 35.5. The standard InChI is InChI=1S/C20H22ClFN2O/c21-19-12-17(22)8-9-18(19)20(25)23-13-15-4-6-16(7-5-15)14-24-10-2-1-3-11-24/h4-9,12H,1-3,10-11,13-14H2,(H,23,25). The van der Waals surface area contributed by atoms with Crippen molar-refractivity contribution >= 4 is 17.5 Å². The van der Waals surface area contributed by atoms with Gasteiger partial charge in [-0.1, -0.05) is 42.3 Å². The molecule has 25 heavy (non-hydrogen) atoms. The fourth-order valence-electron chi connectivity index (χ4n) is 3.09. The van der Waals surface area contributed by atoms with Gasteiger partial charge in [-0.05, 0) is 55.3 Å². The van der Waals surface area contributed by atoms with Crippen molar-refractivity contribution in [3.8, 4) is 0 Å². The van der Waals surface area contributed by atoms with Gasteiger partial charge in [0, 0.05) is 13.1 Å². The van der Waals surface area contributed by atoms with Crippen molar-refractivity contribution in [2.45, 2.75) is 32.4 Å². The summed E-state index contributed by atoms with van der Waals surface area (Å²) in [6.45, 7) is 3.75. The Morgan fingerprint density at radius 2 is 1.72 bits per heavy atom. The minimum absolute atomic E-state index is 0.120. The highest BCUT2D eigenvalue weighted by Crippen LogP contribution is 2.17. The third-order valence-corrected chi connectivity index (χ3v) is 4.82. The zero-order valence-electron chi connectivity index (χ0n) is 14.1. The van der Waals surface area contributed by atoms with Gasteiger partial charge >= 0.3 is 0 Å². The Balaban J connectivity index is 1.53. The maximum Gasteiger partial charge on any atom is 0.253 e. The van der Waals surface area contributed by atoms with Gasteiger partial charge in [-0.25, -0.2) is 4.39 Å². The van der Waals surface area contributed by atoms with Gasteiger partial charge in [0.15, 0.2) is 0 Å². The molecule has 0 atom stereocenters. The summed E-state index contributed by atoms with van der Waals surface area (Å²) in [7, 11) is 0. The Labute approximate surface area is 152 Å². The summed E-state index contributed by atoms with van der Waals surface area (Å²) in [6.07, 6.45) is 3.92. The summed E-state index contributed by atoms with van der Waals surface area (Å²) in [5.41, 5.74) is 2.59. The Bertz CT molecular complexity index is 727. The number of benzene rings is 2. The van der Waals surface area contributed by atoms with Crippen molar-refractivity contribution in [1.82, 2.24) is 10.2 Å². The second-order valence-corrected chi connectivity index (χ2v) is 6.87. The maximum absolute atomic E-state index is 13.0. The zero-order valence-corrected chi connectivity index (χ0v) is 14.9. The first-order valence-corrected chi connectivity index (χ1v) is 9.03. The topological polar surface area (TPSA) is 32.3 Å². The fraction of sp³-hybridized carbons (Fsp3) is 0.350. The predicted molar refractivity (Wildman–Crippen MR) is 98.2 cm³/mol. The van der Waals surface area contributed by atoms with Crippen LogP contribution in [0.2, 0.25) is 5.02 Å². The molecular weight excluding hydrogens is 339 g/mol. The lowest BCUT2D eigenvalue weighted by Gasteiger charge is -2.26. The Hall–Kier alpha value is -1.91. The highest BCUT2D eigenvalue weighted by Gasteiger charge is 2.12. The number of amides is 1. The molecule has 0 radical (unpaired) electrons. The van der Waals surface area contributed by atoms with Gasteiger partial charge in [0.25, 0.3) is 5.91 Å². The molecule has 1 saturated heterocycles. The van der Waals surface area contributed by atoms with Crippen LogP contribution in [0.3, 0.4) is 0 Å². The van der Waals surface area contributed by atoms with Crippen molar-refractivity contribution in [3.63, 3.8) is 0 Å². The minimum Gasteiger partial charge on any atom is -0.348 e. The smallest absolute Gasteiger partial charge is 0.253 e. The van der Waals surface area contributed by atoms with E-state index in [1.54, 1.807) is 0 Å². The number of rotatable bonds is 5. The van der Waals surface area contributed by atoms with Crippen LogP contribution in [-0.2, 0) is 13.1 Å². The van der Waals surface area contributed by atoms with Crippen LogP contribution in [0.1, 0.15) is 40.7 Å². The number of piperidine rings is 1. The second-order valence-electron chi connectivity index (χ2n) is 6.46. The average Bonchev–Trinajstić information content (AvgIpc) is 2.62. The van der Waals surface area contributed by atoms with Gasteiger partial charge in [-0.2, -0.15) is 0 Å². The molecule has 3 nitrogen and oxygen atoms in total. The molecule has 1 aliphatic heterocycles. The third kappa shape index (κ3) is 5.03. The van der Waals surface area contributed by atoms with Crippen LogP contribution >= 0.6 is 11.6 Å². The number of hydrogen-bond acceptors (Lipinski definition) is 2. The molecule has 1 aliphatic rings. The Morgan fingerprint density at radius 1 is 1.04 bits per heavy atom. The van der Waals surface area contributed by atoms with Gasteiger partial charge in [0.1, 0.15) is 5.82 Å². The molecule has 1 N–H and O–H groups in total. The van der Waals surface area contributed by atoms with Gasteiger partial charge < -0.3 is 5.32 Å². The van der Waals surface area contributed by atoms with E-state index in [4.69, 9.17) is 11.6 Å². The summed E-state index contributed by atoms with van der Waals surface area (Å²) in [5, 5.41) is 2.94. The number of likely N-dealkylation sites (tertiary alicyclic amines) is 1. The molecule has 2 aromatic rings. The average molecular weight is 361 g/mol. The van der Waals surface area contributed by atoms with E-state index in [1.165, 1.54) is 50.0 Å². The van der Waals surface area contributed by atoms with Crippen LogP contribution < -0.4 is 5.32 Å². The molecule has 0 spiro atoms. The van der Waals surface area contributed by atoms with E-state index in [0.717, 1.165) is 18.2 Å². The number of hydrogen-bond donors (Lipinski definition) is 1. The molecule has 2 aromatic carbocycles. The molecular formula is C20H22ClFN2O. The predicted octanol–water partition coefficient (Wildman–Crippen LogP) is 4.40. The summed E-state index contributed by atoms with van der Waals surface area (Å²) >= 11 is 5.91. The SMILES string of the molecule is O=C(NCc1ccc(CN2CCCCC2)cc1)c1ccc(F)cc1Cl. The molecule has 0 aromatic heterocycles. The summed E-state index contributed by atoms with van der Waals surface area (Å²) in [5.74, 6) is -0.756. The van der Waals surface area contributed by atoms with E-state index in [-0.39, 0.29) is 16.5 Å². The fourth-order valence-corrected chi connectivity index (χ4v) is 3.34. The molecule has 0 aliphatic carbocycles. The molecule has 1 fully saturated rings. The summed E-state index contributed by atoms with van der Waals surface area (Å²) in [6, 6.07) is 12.1. The van der Waals surface area contributed by atoms with Crippen molar-refractivity contribution in [3.05, 3.63) is 70.0 Å². The number of carbonyl (C=O) groups excluding carboxylic acids is 1. The van der Waals surface area contributed by atoms with E-state index in [9.17, 15) is 9.18 Å². The number of carbonyl (C=O) groups is 1. The minimum atomic E-state index is -0.453.